The maximum Gasteiger partial charge on any atom is 0.254 e. The van der Waals surface area contributed by atoms with Crippen molar-refractivity contribution >= 4 is 11.8 Å². The van der Waals surface area contributed by atoms with Crippen LogP contribution in [0.3, 0.4) is 0 Å². The van der Waals surface area contributed by atoms with Crippen LogP contribution in [0, 0.1) is 13.8 Å². The molecule has 4 heterocycles. The second-order valence-corrected chi connectivity index (χ2v) is 7.60. The van der Waals surface area contributed by atoms with Crippen LogP contribution in [-0.4, -0.2) is 62.9 Å². The van der Waals surface area contributed by atoms with E-state index >= 15 is 0 Å². The molecule has 1 aromatic heterocycles. The Morgan fingerprint density at radius 1 is 1.26 bits per heavy atom. The fourth-order valence-corrected chi connectivity index (χ4v) is 4.86. The Labute approximate surface area is 157 Å². The van der Waals surface area contributed by atoms with Crippen LogP contribution in [0.2, 0.25) is 0 Å². The topological polar surface area (TPSA) is 67.7 Å². The smallest absolute Gasteiger partial charge is 0.254 e. The molecule has 2 amide bonds. The van der Waals surface area contributed by atoms with Gasteiger partial charge >= 0.3 is 0 Å². The van der Waals surface area contributed by atoms with Gasteiger partial charge in [0.1, 0.15) is 0 Å². The number of ether oxygens (including phenoxy) is 1. The first kappa shape index (κ1) is 16.5. The molecule has 0 radical (unpaired) electrons. The van der Waals surface area contributed by atoms with Gasteiger partial charge in [0.25, 0.3) is 5.91 Å². The summed E-state index contributed by atoms with van der Waals surface area (Å²) in [6, 6.07) is 9.33. The van der Waals surface area contributed by atoms with E-state index in [-0.39, 0.29) is 17.9 Å². The minimum Gasteiger partial charge on any atom is -0.351 e. The highest BCUT2D eigenvalue weighted by atomic mass is 16.5. The van der Waals surface area contributed by atoms with Crippen LogP contribution >= 0.6 is 0 Å². The first-order valence-electron chi connectivity index (χ1n) is 9.39. The second kappa shape index (κ2) is 5.66. The summed E-state index contributed by atoms with van der Waals surface area (Å²) in [6.07, 6.45) is 1.04. The van der Waals surface area contributed by atoms with Gasteiger partial charge in [0.15, 0.2) is 5.72 Å². The van der Waals surface area contributed by atoms with Crippen molar-refractivity contribution in [3.8, 4) is 5.69 Å². The van der Waals surface area contributed by atoms with Gasteiger partial charge in [-0.1, -0.05) is 6.07 Å². The molecule has 27 heavy (non-hydrogen) atoms. The lowest BCUT2D eigenvalue weighted by Gasteiger charge is -2.31. The van der Waals surface area contributed by atoms with E-state index in [1.54, 1.807) is 0 Å². The minimum absolute atomic E-state index is 0.0505. The zero-order chi connectivity index (χ0) is 18.8. The summed E-state index contributed by atoms with van der Waals surface area (Å²) in [5.41, 5.74) is 2.84. The van der Waals surface area contributed by atoms with Gasteiger partial charge in [0.05, 0.1) is 30.5 Å². The Hall–Kier alpha value is -2.67. The summed E-state index contributed by atoms with van der Waals surface area (Å²) in [5.74, 6) is 0.0387. The number of aryl methyl sites for hydroxylation is 2. The monoisotopic (exact) mass is 366 g/mol. The van der Waals surface area contributed by atoms with E-state index in [1.807, 2.05) is 58.7 Å². The number of rotatable bonds is 2. The third-order valence-corrected chi connectivity index (χ3v) is 6.01. The molecule has 140 valence electrons. The van der Waals surface area contributed by atoms with Crippen molar-refractivity contribution in [1.82, 2.24) is 19.6 Å². The first-order chi connectivity index (χ1) is 13.0. The summed E-state index contributed by atoms with van der Waals surface area (Å²) >= 11 is 0. The molecule has 1 aromatic carbocycles. The maximum absolute atomic E-state index is 13.3. The van der Waals surface area contributed by atoms with Crippen LogP contribution in [-0.2, 0) is 9.53 Å². The van der Waals surface area contributed by atoms with Crippen LogP contribution in [0.15, 0.2) is 30.3 Å². The lowest BCUT2D eigenvalue weighted by molar-refractivity contribution is -0.136. The molecule has 7 heteroatoms. The van der Waals surface area contributed by atoms with Crippen LogP contribution in [0.5, 0.6) is 0 Å². The summed E-state index contributed by atoms with van der Waals surface area (Å²) in [7, 11) is 0. The molecule has 0 bridgehead atoms. The van der Waals surface area contributed by atoms with Crippen LogP contribution in [0.1, 0.15) is 34.6 Å². The van der Waals surface area contributed by atoms with Gasteiger partial charge in [0, 0.05) is 30.8 Å². The summed E-state index contributed by atoms with van der Waals surface area (Å²) in [4.78, 5) is 29.3. The highest BCUT2D eigenvalue weighted by Gasteiger charge is 2.62. The van der Waals surface area contributed by atoms with Crippen molar-refractivity contribution in [2.45, 2.75) is 38.5 Å². The molecule has 2 aromatic rings. The number of carbonyl (C=O) groups excluding carboxylic acids is 2. The Morgan fingerprint density at radius 3 is 2.89 bits per heavy atom. The van der Waals surface area contributed by atoms with E-state index in [9.17, 15) is 9.59 Å². The largest absolute Gasteiger partial charge is 0.351 e. The number of likely N-dealkylation sites (tertiary alicyclic amines) is 1. The van der Waals surface area contributed by atoms with Gasteiger partial charge in [-0.15, -0.1) is 0 Å². The zero-order valence-corrected chi connectivity index (χ0v) is 15.5. The van der Waals surface area contributed by atoms with Crippen molar-refractivity contribution < 1.29 is 14.3 Å². The van der Waals surface area contributed by atoms with Gasteiger partial charge in [0.2, 0.25) is 5.91 Å². The van der Waals surface area contributed by atoms with Crippen LogP contribution in [0.25, 0.3) is 5.69 Å². The fraction of sp³-hybridized carbons (Fsp3) is 0.450. The molecule has 2 atom stereocenters. The predicted molar refractivity (Wildman–Crippen MR) is 97.5 cm³/mol. The zero-order valence-electron chi connectivity index (χ0n) is 15.5. The number of nitrogens with zero attached hydrogens (tertiary/aromatic N) is 4. The second-order valence-electron chi connectivity index (χ2n) is 7.60. The highest BCUT2D eigenvalue weighted by Crippen LogP contribution is 2.45. The van der Waals surface area contributed by atoms with Crippen molar-refractivity contribution in [2.75, 3.05) is 19.7 Å². The van der Waals surface area contributed by atoms with E-state index in [4.69, 9.17) is 4.74 Å². The van der Waals surface area contributed by atoms with E-state index < -0.39 is 5.72 Å². The van der Waals surface area contributed by atoms with Crippen LogP contribution in [0.4, 0.5) is 0 Å². The number of carbonyl (C=O) groups is 2. The predicted octanol–water partition coefficient (Wildman–Crippen LogP) is 1.66. The molecule has 3 aliphatic heterocycles. The van der Waals surface area contributed by atoms with Crippen molar-refractivity contribution in [2.24, 2.45) is 0 Å². The molecule has 7 nitrogen and oxygen atoms in total. The van der Waals surface area contributed by atoms with Gasteiger partial charge in [-0.05, 0) is 38.1 Å². The number of hydrogen-bond donors (Lipinski definition) is 0. The van der Waals surface area contributed by atoms with Gasteiger partial charge < -0.3 is 14.5 Å². The third-order valence-electron chi connectivity index (χ3n) is 6.01. The van der Waals surface area contributed by atoms with E-state index in [2.05, 4.69) is 5.10 Å². The quantitative estimate of drug-likeness (QED) is 0.811. The van der Waals surface area contributed by atoms with E-state index in [0.29, 0.717) is 38.1 Å². The molecule has 3 fully saturated rings. The molecule has 0 saturated carbocycles. The fourth-order valence-electron chi connectivity index (χ4n) is 4.86. The van der Waals surface area contributed by atoms with Crippen molar-refractivity contribution in [3.05, 3.63) is 47.3 Å². The molecular formula is C20H22N4O3. The molecule has 3 aliphatic rings. The SMILES string of the molecule is Cc1cc(C)n(-c2cccc(C(=O)N3CC[C@@]45OCCN4C(=O)C[C@@H]35)c2)n1. The number of aromatic nitrogens is 2. The molecule has 0 N–H and O–H groups in total. The van der Waals surface area contributed by atoms with Crippen LogP contribution < -0.4 is 0 Å². The van der Waals surface area contributed by atoms with Gasteiger partial charge in [-0.3, -0.25) is 9.59 Å². The van der Waals surface area contributed by atoms with E-state index in [0.717, 1.165) is 17.1 Å². The molecule has 1 spiro atoms. The van der Waals surface area contributed by atoms with Gasteiger partial charge in [-0.2, -0.15) is 5.10 Å². The molecule has 0 aliphatic carbocycles. The third kappa shape index (κ3) is 2.27. The normalized spacial score (nSPS) is 26.6. The summed E-state index contributed by atoms with van der Waals surface area (Å²) < 4.78 is 7.83. The standard InChI is InChI=1S/C20H22N4O3/c1-13-10-14(2)24(21-13)16-5-3-4-15(11-16)19(26)22-7-6-20-17(22)12-18(25)23(20)8-9-27-20/h3-5,10-11,17H,6-9,12H2,1-2H3/t17-,20+/m1/s1. The average Bonchev–Trinajstić information content (AvgIpc) is 3.37. The number of hydrogen-bond acceptors (Lipinski definition) is 4. The Kier molecular flexibility index (Phi) is 3.46. The van der Waals surface area contributed by atoms with E-state index in [1.165, 1.54) is 0 Å². The molecule has 0 unspecified atom stereocenters. The lowest BCUT2D eigenvalue weighted by Crippen LogP contribution is -2.48. The maximum atomic E-state index is 13.3. The first-order valence-corrected chi connectivity index (χ1v) is 9.39. The Balaban J connectivity index is 1.46. The van der Waals surface area contributed by atoms with Crippen molar-refractivity contribution in [1.29, 1.82) is 0 Å². The summed E-state index contributed by atoms with van der Waals surface area (Å²) in [6.45, 7) is 5.74. The highest BCUT2D eigenvalue weighted by molar-refractivity contribution is 5.96. The number of amides is 2. The number of benzene rings is 1. The lowest BCUT2D eigenvalue weighted by atomic mass is 10.1. The molecular weight excluding hydrogens is 344 g/mol. The molecule has 5 rings (SSSR count). The Morgan fingerprint density at radius 2 is 2.11 bits per heavy atom. The van der Waals surface area contributed by atoms with Gasteiger partial charge in [-0.25, -0.2) is 4.68 Å². The average molecular weight is 366 g/mol. The minimum atomic E-state index is -0.597. The Bertz CT molecular complexity index is 952. The van der Waals surface area contributed by atoms with Crippen molar-refractivity contribution in [3.63, 3.8) is 0 Å². The summed E-state index contributed by atoms with van der Waals surface area (Å²) in [5, 5.41) is 4.50. The molecule has 3 saturated heterocycles.